The Kier molecular flexibility index (Phi) is 10.4. The molecular weight excluding hydrogens is 198 g/mol. The molecule has 0 unspecified atom stereocenters. The first-order chi connectivity index (χ1) is 7.74. The van der Waals surface area contributed by atoms with E-state index < -0.39 is 0 Å². The van der Waals surface area contributed by atoms with E-state index in [1.807, 2.05) is 0 Å². The van der Waals surface area contributed by atoms with Crippen molar-refractivity contribution in [2.45, 2.75) is 52.4 Å². The second-order valence-electron chi connectivity index (χ2n) is 4.32. The Bertz CT molecular complexity index is 183. The van der Waals surface area contributed by atoms with Crippen LogP contribution in [0.1, 0.15) is 52.4 Å². The number of nitrogens with zero attached hydrogens (tertiary/aromatic N) is 1. The Morgan fingerprint density at radius 1 is 1.06 bits per heavy atom. The van der Waals surface area contributed by atoms with Gasteiger partial charge in [-0.1, -0.05) is 26.8 Å². The van der Waals surface area contributed by atoms with Gasteiger partial charge in [0, 0.05) is 6.42 Å². The molecule has 0 saturated carbocycles. The molecule has 16 heavy (non-hydrogen) atoms. The van der Waals surface area contributed by atoms with Crippen LogP contribution in [0.4, 0.5) is 0 Å². The summed E-state index contributed by atoms with van der Waals surface area (Å²) >= 11 is 0. The Balaban J connectivity index is 3.46. The van der Waals surface area contributed by atoms with Crippen LogP contribution >= 0.6 is 0 Å². The fraction of sp³-hybridized carbons (Fsp3) is 0.786. The minimum Gasteiger partial charge on any atom is -0.303 e. The number of carbonyl (C=O) groups excluding carboxylic acids is 1. The predicted molar refractivity (Wildman–Crippen MR) is 70.7 cm³/mol. The highest BCUT2D eigenvalue weighted by Gasteiger charge is 2.02. The van der Waals surface area contributed by atoms with Crippen molar-refractivity contribution in [2.75, 3.05) is 19.6 Å². The highest BCUT2D eigenvalue weighted by atomic mass is 16.1. The van der Waals surface area contributed by atoms with E-state index in [0.29, 0.717) is 6.42 Å². The van der Waals surface area contributed by atoms with Crippen LogP contribution in [0.2, 0.25) is 0 Å². The fourth-order valence-electron chi connectivity index (χ4n) is 1.88. The molecule has 0 aliphatic heterocycles. The van der Waals surface area contributed by atoms with E-state index in [0.717, 1.165) is 12.8 Å². The fourth-order valence-corrected chi connectivity index (χ4v) is 1.88. The molecule has 0 bridgehead atoms. The maximum Gasteiger partial charge on any atom is 0.155 e. The van der Waals surface area contributed by atoms with Crippen molar-refractivity contribution in [2.24, 2.45) is 0 Å². The van der Waals surface area contributed by atoms with Crippen LogP contribution in [0, 0.1) is 0 Å². The van der Waals surface area contributed by atoms with Gasteiger partial charge in [-0.05, 0) is 51.4 Å². The Morgan fingerprint density at radius 2 is 1.69 bits per heavy atom. The average Bonchev–Trinajstić information content (AvgIpc) is 2.28. The van der Waals surface area contributed by atoms with Gasteiger partial charge in [-0.3, -0.25) is 4.79 Å². The molecule has 0 N–H and O–H groups in total. The second kappa shape index (κ2) is 10.9. The normalized spacial score (nSPS) is 10.7. The lowest BCUT2D eigenvalue weighted by Gasteiger charge is -2.20. The first-order valence-corrected chi connectivity index (χ1v) is 6.62. The first kappa shape index (κ1) is 15.4. The standard InChI is InChI=1S/C14H27NO/c1-4-11-15(12-5-2)13-9-7-8-10-14(16)6-3/h6H,3-5,7-13H2,1-2H3. The van der Waals surface area contributed by atoms with Gasteiger partial charge in [0.05, 0.1) is 0 Å². The maximum absolute atomic E-state index is 11.0. The molecule has 0 aliphatic rings. The summed E-state index contributed by atoms with van der Waals surface area (Å²) in [4.78, 5) is 13.5. The molecule has 0 atom stereocenters. The summed E-state index contributed by atoms with van der Waals surface area (Å²) in [7, 11) is 0. The van der Waals surface area contributed by atoms with Crippen molar-refractivity contribution >= 4 is 5.78 Å². The van der Waals surface area contributed by atoms with Gasteiger partial charge in [0.1, 0.15) is 0 Å². The van der Waals surface area contributed by atoms with E-state index in [2.05, 4.69) is 25.3 Å². The third kappa shape index (κ3) is 8.66. The summed E-state index contributed by atoms with van der Waals surface area (Å²) in [5.41, 5.74) is 0. The number of rotatable bonds is 11. The number of hydrogen-bond donors (Lipinski definition) is 0. The van der Waals surface area contributed by atoms with E-state index in [-0.39, 0.29) is 5.78 Å². The molecule has 0 radical (unpaired) electrons. The molecule has 2 nitrogen and oxygen atoms in total. The Hall–Kier alpha value is -0.630. The third-order valence-corrected chi connectivity index (χ3v) is 2.70. The van der Waals surface area contributed by atoms with Crippen LogP contribution in [-0.4, -0.2) is 30.3 Å². The van der Waals surface area contributed by atoms with E-state index >= 15 is 0 Å². The SMILES string of the molecule is C=CC(=O)CCCCCN(CCC)CCC. The van der Waals surface area contributed by atoms with E-state index in [1.165, 1.54) is 45.0 Å². The van der Waals surface area contributed by atoms with Gasteiger partial charge < -0.3 is 4.90 Å². The van der Waals surface area contributed by atoms with Crippen molar-refractivity contribution in [3.05, 3.63) is 12.7 Å². The van der Waals surface area contributed by atoms with Crippen molar-refractivity contribution < 1.29 is 4.79 Å². The number of hydrogen-bond acceptors (Lipinski definition) is 2. The summed E-state index contributed by atoms with van der Waals surface area (Å²) in [6.45, 7) is 11.5. The minimum atomic E-state index is 0.180. The van der Waals surface area contributed by atoms with Gasteiger partial charge in [0.25, 0.3) is 0 Å². The van der Waals surface area contributed by atoms with Gasteiger partial charge >= 0.3 is 0 Å². The molecular formula is C14H27NO. The topological polar surface area (TPSA) is 20.3 Å². The van der Waals surface area contributed by atoms with Crippen LogP contribution < -0.4 is 0 Å². The highest BCUT2D eigenvalue weighted by molar-refractivity contribution is 5.88. The summed E-state index contributed by atoms with van der Waals surface area (Å²) in [5.74, 6) is 0.180. The van der Waals surface area contributed by atoms with Crippen LogP contribution in [0.3, 0.4) is 0 Å². The number of ketones is 1. The smallest absolute Gasteiger partial charge is 0.155 e. The van der Waals surface area contributed by atoms with Crippen molar-refractivity contribution in [3.63, 3.8) is 0 Å². The van der Waals surface area contributed by atoms with E-state index in [1.54, 1.807) is 0 Å². The average molecular weight is 225 g/mol. The largest absolute Gasteiger partial charge is 0.303 e. The van der Waals surface area contributed by atoms with Crippen molar-refractivity contribution in [3.8, 4) is 0 Å². The van der Waals surface area contributed by atoms with Crippen LogP contribution in [0.5, 0.6) is 0 Å². The lowest BCUT2D eigenvalue weighted by Crippen LogP contribution is -2.26. The van der Waals surface area contributed by atoms with Gasteiger partial charge in [-0.2, -0.15) is 0 Å². The van der Waals surface area contributed by atoms with E-state index in [9.17, 15) is 4.79 Å². The third-order valence-electron chi connectivity index (χ3n) is 2.70. The predicted octanol–water partition coefficient (Wildman–Crippen LogP) is 3.42. The molecule has 0 aromatic rings. The summed E-state index contributed by atoms with van der Waals surface area (Å²) in [6.07, 6.45) is 7.94. The maximum atomic E-state index is 11.0. The quantitative estimate of drug-likeness (QED) is 0.396. The molecule has 0 heterocycles. The molecule has 0 amide bonds. The Morgan fingerprint density at radius 3 is 2.19 bits per heavy atom. The first-order valence-electron chi connectivity index (χ1n) is 6.62. The molecule has 2 heteroatoms. The minimum absolute atomic E-state index is 0.180. The Labute approximate surface area is 101 Å². The number of carbonyl (C=O) groups is 1. The highest BCUT2D eigenvalue weighted by Crippen LogP contribution is 2.04. The zero-order valence-corrected chi connectivity index (χ0v) is 11.0. The summed E-state index contributed by atoms with van der Waals surface area (Å²) in [6, 6.07) is 0. The molecule has 0 fully saturated rings. The van der Waals surface area contributed by atoms with Crippen molar-refractivity contribution in [1.82, 2.24) is 4.90 Å². The van der Waals surface area contributed by atoms with Gasteiger partial charge in [0.15, 0.2) is 5.78 Å². The van der Waals surface area contributed by atoms with Crippen LogP contribution in [0.25, 0.3) is 0 Å². The molecule has 94 valence electrons. The van der Waals surface area contributed by atoms with Crippen molar-refractivity contribution in [1.29, 1.82) is 0 Å². The number of allylic oxidation sites excluding steroid dienone is 1. The van der Waals surface area contributed by atoms with Crippen LogP contribution in [0.15, 0.2) is 12.7 Å². The number of unbranched alkanes of at least 4 members (excludes halogenated alkanes) is 2. The second-order valence-corrected chi connectivity index (χ2v) is 4.32. The molecule has 0 spiro atoms. The monoisotopic (exact) mass is 225 g/mol. The lowest BCUT2D eigenvalue weighted by atomic mass is 10.1. The molecule has 0 rings (SSSR count). The zero-order chi connectivity index (χ0) is 12.2. The molecule has 0 aromatic heterocycles. The zero-order valence-electron chi connectivity index (χ0n) is 11.0. The van der Waals surface area contributed by atoms with Gasteiger partial charge in [0.2, 0.25) is 0 Å². The summed E-state index contributed by atoms with van der Waals surface area (Å²) in [5, 5.41) is 0. The van der Waals surface area contributed by atoms with E-state index in [4.69, 9.17) is 0 Å². The molecule has 0 aromatic carbocycles. The van der Waals surface area contributed by atoms with Gasteiger partial charge in [-0.15, -0.1) is 0 Å². The summed E-state index contributed by atoms with van der Waals surface area (Å²) < 4.78 is 0. The van der Waals surface area contributed by atoms with Crippen LogP contribution in [-0.2, 0) is 4.79 Å². The van der Waals surface area contributed by atoms with Gasteiger partial charge in [-0.25, -0.2) is 0 Å². The molecule has 0 saturated heterocycles. The lowest BCUT2D eigenvalue weighted by molar-refractivity contribution is -0.114. The molecule has 0 aliphatic carbocycles.